The summed E-state index contributed by atoms with van der Waals surface area (Å²) in [6.45, 7) is 3.42. The first-order valence-electron chi connectivity index (χ1n) is 9.16. The lowest BCUT2D eigenvalue weighted by Gasteiger charge is -2.19. The van der Waals surface area contributed by atoms with E-state index in [0.29, 0.717) is 11.7 Å². The number of nitrogens with zero attached hydrogens (tertiary/aromatic N) is 3. The highest BCUT2D eigenvalue weighted by Crippen LogP contribution is 2.28. The van der Waals surface area contributed by atoms with E-state index < -0.39 is 5.91 Å². The number of likely N-dealkylation sites (tertiary alicyclic amines) is 1. The number of carbonyl (C=O) groups is 1. The zero-order chi connectivity index (χ0) is 17.5. The van der Waals surface area contributed by atoms with Crippen LogP contribution >= 0.6 is 0 Å². The normalized spacial score (nSPS) is 21.9. The Balaban J connectivity index is 1.41. The number of carbonyl (C=O) groups excluding carboxylic acids is 1. The fourth-order valence-electron chi connectivity index (χ4n) is 3.72. The second-order valence-corrected chi connectivity index (χ2v) is 7.01. The molecule has 3 rings (SSSR count). The van der Waals surface area contributed by atoms with Gasteiger partial charge in [0, 0.05) is 25.2 Å². The van der Waals surface area contributed by atoms with E-state index in [1.54, 1.807) is 12.4 Å². The standard InChI is InChI=1S/C18H27N5O2/c24-18(22-25)6-5-15-11-20-17(12-19-15)21-16-8-10-23(13-16)9-7-14-3-1-2-4-14/h5-6,11-12,14,16,25H,1-4,7-10,13H2,(H,20,21)(H,22,24)/t16-/m1/s1. The van der Waals surface area contributed by atoms with Crippen molar-refractivity contribution in [1.29, 1.82) is 0 Å². The number of nitrogens with one attached hydrogen (secondary N) is 2. The van der Waals surface area contributed by atoms with Crippen LogP contribution in [-0.2, 0) is 4.79 Å². The summed E-state index contributed by atoms with van der Waals surface area (Å²) in [5.74, 6) is 1.12. The first-order chi connectivity index (χ1) is 12.2. The Kier molecular flexibility index (Phi) is 6.36. The van der Waals surface area contributed by atoms with Crippen LogP contribution < -0.4 is 10.8 Å². The average molecular weight is 345 g/mol. The monoisotopic (exact) mass is 345 g/mol. The Bertz CT molecular complexity index is 584. The zero-order valence-corrected chi connectivity index (χ0v) is 14.5. The van der Waals surface area contributed by atoms with Crippen LogP contribution in [-0.4, -0.2) is 51.7 Å². The molecule has 2 heterocycles. The maximum Gasteiger partial charge on any atom is 0.267 e. The minimum absolute atomic E-state index is 0.416. The lowest BCUT2D eigenvalue weighted by molar-refractivity contribution is -0.124. The molecule has 1 atom stereocenters. The third-order valence-corrected chi connectivity index (χ3v) is 5.14. The van der Waals surface area contributed by atoms with Gasteiger partial charge < -0.3 is 10.2 Å². The molecular formula is C18H27N5O2. The molecule has 1 aliphatic carbocycles. The van der Waals surface area contributed by atoms with Crippen LogP contribution in [0.25, 0.3) is 6.08 Å². The van der Waals surface area contributed by atoms with E-state index in [4.69, 9.17) is 5.21 Å². The van der Waals surface area contributed by atoms with Gasteiger partial charge in [-0.3, -0.25) is 15.0 Å². The van der Waals surface area contributed by atoms with Gasteiger partial charge in [-0.25, -0.2) is 10.5 Å². The van der Waals surface area contributed by atoms with Gasteiger partial charge in [-0.2, -0.15) is 0 Å². The van der Waals surface area contributed by atoms with Crippen LogP contribution in [0, 0.1) is 5.92 Å². The van der Waals surface area contributed by atoms with Crippen molar-refractivity contribution < 1.29 is 10.0 Å². The smallest absolute Gasteiger partial charge is 0.267 e. The van der Waals surface area contributed by atoms with Crippen LogP contribution in [0.3, 0.4) is 0 Å². The van der Waals surface area contributed by atoms with Gasteiger partial charge in [0.15, 0.2) is 0 Å². The fraction of sp³-hybridized carbons (Fsp3) is 0.611. The lowest BCUT2D eigenvalue weighted by Crippen LogP contribution is -2.28. The predicted octanol–water partition coefficient (Wildman–Crippen LogP) is 2.06. The lowest BCUT2D eigenvalue weighted by atomic mass is 10.0. The Morgan fingerprint density at radius 2 is 2.12 bits per heavy atom. The number of anilines is 1. The van der Waals surface area contributed by atoms with Crippen molar-refractivity contribution in [1.82, 2.24) is 20.3 Å². The van der Waals surface area contributed by atoms with Crippen molar-refractivity contribution in [3.63, 3.8) is 0 Å². The Hall–Kier alpha value is -1.99. The van der Waals surface area contributed by atoms with Gasteiger partial charge in [0.05, 0.1) is 18.1 Å². The number of hydrogen-bond donors (Lipinski definition) is 3. The largest absolute Gasteiger partial charge is 0.365 e. The van der Waals surface area contributed by atoms with Crippen molar-refractivity contribution in [2.24, 2.45) is 5.92 Å². The first kappa shape index (κ1) is 17.8. The van der Waals surface area contributed by atoms with Crippen molar-refractivity contribution >= 4 is 17.8 Å². The summed E-state index contributed by atoms with van der Waals surface area (Å²) in [4.78, 5) is 22.1. The van der Waals surface area contributed by atoms with Crippen LogP contribution in [0.1, 0.15) is 44.2 Å². The fourth-order valence-corrected chi connectivity index (χ4v) is 3.72. The molecule has 0 spiro atoms. The number of hydroxylamine groups is 1. The third-order valence-electron chi connectivity index (χ3n) is 5.14. The SMILES string of the molecule is O=C(C=Cc1cnc(N[C@@H]2CCN(CCC3CCCC3)C2)cn1)NO. The van der Waals surface area contributed by atoms with Gasteiger partial charge in [-0.15, -0.1) is 0 Å². The molecule has 2 fully saturated rings. The van der Waals surface area contributed by atoms with E-state index in [0.717, 1.165) is 31.2 Å². The van der Waals surface area contributed by atoms with Gasteiger partial charge in [0.2, 0.25) is 0 Å². The number of hydrogen-bond acceptors (Lipinski definition) is 6. The van der Waals surface area contributed by atoms with E-state index >= 15 is 0 Å². The summed E-state index contributed by atoms with van der Waals surface area (Å²) in [5.41, 5.74) is 2.10. The summed E-state index contributed by atoms with van der Waals surface area (Å²) in [6.07, 6.45) is 14.1. The predicted molar refractivity (Wildman–Crippen MR) is 96.0 cm³/mol. The van der Waals surface area contributed by atoms with Gasteiger partial charge in [-0.05, 0) is 31.4 Å². The minimum Gasteiger partial charge on any atom is -0.365 e. The summed E-state index contributed by atoms with van der Waals surface area (Å²) in [7, 11) is 0. The van der Waals surface area contributed by atoms with Gasteiger partial charge >= 0.3 is 0 Å². The Labute approximate surface area is 148 Å². The quantitative estimate of drug-likeness (QED) is 0.398. The summed E-state index contributed by atoms with van der Waals surface area (Å²) in [6, 6.07) is 0.416. The number of rotatable bonds is 7. The van der Waals surface area contributed by atoms with Gasteiger partial charge in [0.1, 0.15) is 5.82 Å². The summed E-state index contributed by atoms with van der Waals surface area (Å²) >= 11 is 0. The molecule has 1 aromatic heterocycles. The highest BCUT2D eigenvalue weighted by atomic mass is 16.5. The number of amides is 1. The van der Waals surface area contributed by atoms with E-state index in [9.17, 15) is 4.79 Å². The number of aromatic nitrogens is 2. The van der Waals surface area contributed by atoms with Crippen LogP contribution in [0.2, 0.25) is 0 Å². The van der Waals surface area contributed by atoms with E-state index in [1.807, 2.05) is 0 Å². The van der Waals surface area contributed by atoms with Crippen molar-refractivity contribution in [3.05, 3.63) is 24.2 Å². The molecule has 136 valence electrons. The van der Waals surface area contributed by atoms with Gasteiger partial charge in [0.25, 0.3) is 5.91 Å². The van der Waals surface area contributed by atoms with Crippen LogP contribution in [0.15, 0.2) is 18.5 Å². The molecule has 25 heavy (non-hydrogen) atoms. The van der Waals surface area contributed by atoms with Crippen LogP contribution in [0.4, 0.5) is 5.82 Å². The molecule has 0 bridgehead atoms. The highest BCUT2D eigenvalue weighted by Gasteiger charge is 2.24. The molecular weight excluding hydrogens is 318 g/mol. The average Bonchev–Trinajstić information content (AvgIpc) is 3.31. The van der Waals surface area contributed by atoms with E-state index in [1.165, 1.54) is 56.3 Å². The van der Waals surface area contributed by atoms with Crippen LogP contribution in [0.5, 0.6) is 0 Å². The molecule has 1 amide bonds. The molecule has 7 heteroatoms. The highest BCUT2D eigenvalue weighted by molar-refractivity contribution is 5.90. The second-order valence-electron chi connectivity index (χ2n) is 7.01. The van der Waals surface area contributed by atoms with Crippen molar-refractivity contribution in [2.45, 2.75) is 44.6 Å². The van der Waals surface area contributed by atoms with E-state index in [2.05, 4.69) is 20.2 Å². The topological polar surface area (TPSA) is 90.4 Å². The molecule has 0 aromatic carbocycles. The van der Waals surface area contributed by atoms with Gasteiger partial charge in [-0.1, -0.05) is 25.7 Å². The molecule has 1 saturated carbocycles. The maximum atomic E-state index is 10.9. The third kappa shape index (κ3) is 5.51. The zero-order valence-electron chi connectivity index (χ0n) is 14.5. The molecule has 3 N–H and O–H groups in total. The van der Waals surface area contributed by atoms with E-state index in [-0.39, 0.29) is 0 Å². The minimum atomic E-state index is -0.590. The van der Waals surface area contributed by atoms with Crippen molar-refractivity contribution in [3.8, 4) is 0 Å². The molecule has 0 radical (unpaired) electrons. The molecule has 7 nitrogen and oxygen atoms in total. The summed E-state index contributed by atoms with van der Waals surface area (Å²) in [5, 5.41) is 11.9. The first-order valence-corrected chi connectivity index (χ1v) is 9.16. The Morgan fingerprint density at radius 3 is 2.84 bits per heavy atom. The molecule has 0 unspecified atom stereocenters. The maximum absolute atomic E-state index is 10.9. The molecule has 1 aliphatic heterocycles. The summed E-state index contributed by atoms with van der Waals surface area (Å²) < 4.78 is 0. The molecule has 1 saturated heterocycles. The van der Waals surface area contributed by atoms with Crippen molar-refractivity contribution in [2.75, 3.05) is 25.0 Å². The Morgan fingerprint density at radius 1 is 1.28 bits per heavy atom. The molecule has 2 aliphatic rings. The molecule has 1 aromatic rings. The second kappa shape index (κ2) is 8.92.